The maximum Gasteiger partial charge on any atom is 0.223 e. The minimum Gasteiger partial charge on any atom is -0.374 e. The summed E-state index contributed by atoms with van der Waals surface area (Å²) in [6.45, 7) is 17.2. The van der Waals surface area contributed by atoms with Crippen LogP contribution in [0.1, 0.15) is 34.6 Å². The van der Waals surface area contributed by atoms with Crippen LogP contribution in [0.3, 0.4) is 0 Å². The molecular formula is C17H30N2O4. The molecule has 0 aromatic carbocycles. The molecule has 3 atom stereocenters. The third-order valence-corrected chi connectivity index (χ3v) is 3.35. The van der Waals surface area contributed by atoms with Crippen LogP contribution in [0, 0.1) is 0 Å². The largest absolute Gasteiger partial charge is 0.374 e. The summed E-state index contributed by atoms with van der Waals surface area (Å²) in [6, 6.07) is -0.0844. The molecule has 6 heteroatoms. The van der Waals surface area contributed by atoms with Gasteiger partial charge in [-0.25, -0.2) is 0 Å². The van der Waals surface area contributed by atoms with Gasteiger partial charge in [0.15, 0.2) is 0 Å². The summed E-state index contributed by atoms with van der Waals surface area (Å²) < 4.78 is 11.4. The number of carbonyl (C=O) groups is 2. The van der Waals surface area contributed by atoms with E-state index in [1.807, 2.05) is 20.8 Å². The van der Waals surface area contributed by atoms with Crippen molar-refractivity contribution in [3.63, 3.8) is 0 Å². The first kappa shape index (κ1) is 21.3. The van der Waals surface area contributed by atoms with Crippen LogP contribution in [0.4, 0.5) is 0 Å². The molecule has 6 nitrogen and oxygen atoms in total. The fraction of sp³-hybridized carbons (Fsp3) is 0.647. The first-order chi connectivity index (χ1) is 10.7. The summed E-state index contributed by atoms with van der Waals surface area (Å²) in [5.41, 5.74) is 0. The normalized spacial score (nSPS) is 14.5. The molecule has 23 heavy (non-hydrogen) atoms. The van der Waals surface area contributed by atoms with Gasteiger partial charge >= 0.3 is 0 Å². The zero-order valence-corrected chi connectivity index (χ0v) is 14.9. The lowest BCUT2D eigenvalue weighted by Gasteiger charge is -2.26. The Morgan fingerprint density at radius 1 is 0.957 bits per heavy atom. The highest BCUT2D eigenvalue weighted by atomic mass is 16.5. The molecule has 0 saturated carbocycles. The average Bonchev–Trinajstić information content (AvgIpc) is 2.48. The van der Waals surface area contributed by atoms with Gasteiger partial charge in [0.2, 0.25) is 11.8 Å². The molecule has 0 aromatic rings. The van der Waals surface area contributed by atoms with Gasteiger partial charge in [-0.15, -0.1) is 0 Å². The fourth-order valence-corrected chi connectivity index (χ4v) is 2.01. The molecule has 0 N–H and O–H groups in total. The second-order valence-corrected chi connectivity index (χ2v) is 5.60. The molecule has 0 aromatic heterocycles. The number of hydrogen-bond donors (Lipinski definition) is 0. The highest BCUT2D eigenvalue weighted by Gasteiger charge is 2.16. The second-order valence-electron chi connectivity index (χ2n) is 5.60. The molecule has 0 heterocycles. The molecule has 3 unspecified atom stereocenters. The van der Waals surface area contributed by atoms with Crippen LogP contribution in [-0.4, -0.2) is 59.6 Å². The lowest BCUT2D eigenvalue weighted by Crippen LogP contribution is -2.37. The van der Waals surface area contributed by atoms with E-state index in [2.05, 4.69) is 13.2 Å². The summed E-state index contributed by atoms with van der Waals surface area (Å²) in [5, 5.41) is 0. The maximum absolute atomic E-state index is 11.4. The zero-order chi connectivity index (χ0) is 18.0. The van der Waals surface area contributed by atoms with E-state index in [1.165, 1.54) is 36.0 Å². The topological polar surface area (TPSA) is 59.1 Å². The van der Waals surface area contributed by atoms with Gasteiger partial charge in [0.1, 0.15) is 0 Å². The monoisotopic (exact) mass is 326 g/mol. The minimum atomic E-state index is -0.123. The number of amides is 2. The van der Waals surface area contributed by atoms with E-state index in [0.29, 0.717) is 19.8 Å². The van der Waals surface area contributed by atoms with Gasteiger partial charge in [0.25, 0.3) is 0 Å². The van der Waals surface area contributed by atoms with Gasteiger partial charge in [-0.3, -0.25) is 9.59 Å². The van der Waals surface area contributed by atoms with E-state index < -0.39 is 0 Å². The van der Waals surface area contributed by atoms with Gasteiger partial charge in [-0.2, -0.15) is 0 Å². The minimum absolute atomic E-state index is 0.0672. The Labute approximate surface area is 139 Å². The van der Waals surface area contributed by atoms with Crippen LogP contribution < -0.4 is 0 Å². The van der Waals surface area contributed by atoms with Crippen molar-refractivity contribution in [2.75, 3.05) is 19.8 Å². The lowest BCUT2D eigenvalue weighted by atomic mass is 10.3. The van der Waals surface area contributed by atoms with Crippen molar-refractivity contribution in [2.24, 2.45) is 0 Å². The van der Waals surface area contributed by atoms with Crippen LogP contribution in [-0.2, 0) is 19.1 Å². The number of ether oxygens (including phenoxy) is 2. The summed E-state index contributed by atoms with van der Waals surface area (Å²) in [4.78, 5) is 25.7. The first-order valence-corrected chi connectivity index (χ1v) is 7.77. The van der Waals surface area contributed by atoms with Crippen molar-refractivity contribution < 1.29 is 19.1 Å². The number of nitrogens with zero attached hydrogens (tertiary/aromatic N) is 2. The number of hydrogen-bond acceptors (Lipinski definition) is 4. The maximum atomic E-state index is 11.4. The molecule has 0 aliphatic heterocycles. The molecule has 0 bridgehead atoms. The molecule has 0 rings (SSSR count). The first-order valence-electron chi connectivity index (χ1n) is 7.77. The quantitative estimate of drug-likeness (QED) is 0.584. The smallest absolute Gasteiger partial charge is 0.223 e. The van der Waals surface area contributed by atoms with Gasteiger partial charge in [-0.1, -0.05) is 13.2 Å². The average molecular weight is 326 g/mol. The van der Waals surface area contributed by atoms with E-state index in [-0.39, 0.29) is 30.1 Å². The van der Waals surface area contributed by atoms with E-state index in [9.17, 15) is 9.59 Å². The molecule has 0 spiro atoms. The van der Waals surface area contributed by atoms with Crippen LogP contribution in [0.2, 0.25) is 0 Å². The molecule has 132 valence electrons. The van der Waals surface area contributed by atoms with E-state index in [4.69, 9.17) is 9.47 Å². The van der Waals surface area contributed by atoms with E-state index in [1.54, 1.807) is 0 Å². The number of rotatable bonds is 11. The third-order valence-electron chi connectivity index (χ3n) is 3.35. The van der Waals surface area contributed by atoms with Crippen molar-refractivity contribution in [3.8, 4) is 0 Å². The molecular weight excluding hydrogens is 296 g/mol. The van der Waals surface area contributed by atoms with Gasteiger partial charge in [-0.05, 0) is 33.2 Å². The van der Waals surface area contributed by atoms with Crippen LogP contribution in [0.5, 0.6) is 0 Å². The zero-order valence-electron chi connectivity index (χ0n) is 14.9. The molecule has 0 saturated heterocycles. The SMILES string of the molecule is C=CN(CC(C)OCC(C)OCC(C)N(C=C)C(C)=O)C(C)=O. The summed E-state index contributed by atoms with van der Waals surface area (Å²) in [7, 11) is 0. The van der Waals surface area contributed by atoms with Crippen molar-refractivity contribution in [1.29, 1.82) is 0 Å². The van der Waals surface area contributed by atoms with Gasteiger partial charge < -0.3 is 19.3 Å². The summed E-state index contributed by atoms with van der Waals surface area (Å²) in [6.07, 6.45) is 2.76. The molecule has 0 fully saturated rings. The van der Waals surface area contributed by atoms with E-state index >= 15 is 0 Å². The highest BCUT2D eigenvalue weighted by Crippen LogP contribution is 2.05. The molecule has 0 radical (unpaired) electrons. The Hall–Kier alpha value is -1.66. The molecule has 0 aliphatic carbocycles. The van der Waals surface area contributed by atoms with Crippen molar-refractivity contribution in [3.05, 3.63) is 25.6 Å². The standard InChI is InChI=1S/C17H30N2O4/c1-8-18(16(6)20)10-14(4)23-12-15(5)22-11-13(3)19(9-2)17(7)21/h8-9,13-15H,1-2,10-12H2,3-7H3. The second kappa shape index (κ2) is 11.0. The van der Waals surface area contributed by atoms with Crippen molar-refractivity contribution >= 4 is 11.8 Å². The fourth-order valence-electron chi connectivity index (χ4n) is 2.01. The summed E-state index contributed by atoms with van der Waals surface area (Å²) >= 11 is 0. The van der Waals surface area contributed by atoms with Gasteiger partial charge in [0, 0.05) is 13.8 Å². The predicted molar refractivity (Wildman–Crippen MR) is 90.6 cm³/mol. The Kier molecular flexibility index (Phi) is 10.2. The van der Waals surface area contributed by atoms with Crippen LogP contribution in [0.25, 0.3) is 0 Å². The van der Waals surface area contributed by atoms with Crippen molar-refractivity contribution in [2.45, 2.75) is 52.9 Å². The third kappa shape index (κ3) is 8.52. The lowest BCUT2D eigenvalue weighted by molar-refractivity contribution is -0.131. The summed E-state index contributed by atoms with van der Waals surface area (Å²) in [5.74, 6) is -0.135. The van der Waals surface area contributed by atoms with Crippen molar-refractivity contribution in [1.82, 2.24) is 9.80 Å². The molecule has 2 amide bonds. The Morgan fingerprint density at radius 3 is 1.96 bits per heavy atom. The molecule has 0 aliphatic rings. The van der Waals surface area contributed by atoms with Crippen LogP contribution >= 0.6 is 0 Å². The number of carbonyl (C=O) groups excluding carboxylic acids is 2. The Morgan fingerprint density at radius 2 is 1.52 bits per heavy atom. The Bertz CT molecular complexity index is 411. The van der Waals surface area contributed by atoms with Crippen LogP contribution in [0.15, 0.2) is 25.6 Å². The van der Waals surface area contributed by atoms with E-state index in [0.717, 1.165) is 0 Å². The van der Waals surface area contributed by atoms with Gasteiger partial charge in [0.05, 0.1) is 38.0 Å². The Balaban J connectivity index is 4.13. The highest BCUT2D eigenvalue weighted by molar-refractivity contribution is 5.74. The predicted octanol–water partition coefficient (Wildman–Crippen LogP) is 2.17.